The molecule has 0 amide bonds. The Bertz CT molecular complexity index is 3730. The zero-order valence-corrected chi connectivity index (χ0v) is 48.9. The number of benzene rings is 10. The van der Waals surface area contributed by atoms with Crippen LogP contribution in [0.25, 0.3) is 33.4 Å². The normalized spacial score (nSPS) is 12.4. The Balaban J connectivity index is 0.000000161. The fourth-order valence-electron chi connectivity index (χ4n) is 8.97. The molecule has 10 aromatic rings. The molecule has 0 saturated heterocycles. The maximum absolute atomic E-state index is 13.0. The minimum atomic E-state index is -3.49. The molecule has 76 heavy (non-hydrogen) atoms. The first kappa shape index (κ1) is 55.9. The maximum atomic E-state index is 13.0. The summed E-state index contributed by atoms with van der Waals surface area (Å²) in [5.41, 5.74) is 11.4. The molecule has 0 saturated carbocycles. The van der Waals surface area contributed by atoms with E-state index in [1.54, 1.807) is 42.5 Å². The van der Waals surface area contributed by atoms with E-state index >= 15 is 0 Å². The Hall–Kier alpha value is -6.31. The minimum Gasteiger partial charge on any atom is -1.00 e. The van der Waals surface area contributed by atoms with Crippen molar-refractivity contribution in [1.29, 1.82) is 0 Å². The standard InChI is InChI=1S/C30H20BrNO2S.C18H15BNO2.C12H6Br2O2S.CH3.HI/c31-23-14-18-30-28(20-23)27-19-22(13-17-29(27)35(30,33)34)21-11-15-26(16-12-21)32(24-7-3-1-4-8-24)25-9-5-2-6-10-25;21-19-22-18-13-11-17(12-14-18)20(15-7-3-1-4-8-15)16-9-5-2-6-10-16;13-7-1-3-11-9(5-7)10-6-8(14)2-4-12(10)17(11,15)16;;/h1-20H;1-14,21H;1-6H;1H3;1H/q;;;-1;/p-1. The summed E-state index contributed by atoms with van der Waals surface area (Å²) in [6.07, 6.45) is 0. The molecule has 2 heterocycles. The molecule has 15 heteroatoms. The summed E-state index contributed by atoms with van der Waals surface area (Å²) in [4.78, 5) is 5.87. The van der Waals surface area contributed by atoms with Gasteiger partial charge in [-0.15, -0.1) is 0 Å². The second-order valence-electron chi connectivity index (χ2n) is 16.9. The molecule has 0 spiro atoms. The monoisotopic (exact) mass is 1340 g/mol. The number of hydrogen-bond acceptors (Lipinski definition) is 8. The SMILES string of the molecule is O=S1(=O)c2ccc(Br)cc2-c2cc(-c3ccc(N(c4ccccc4)c4ccccc4)cc3)ccc21.O=S1(=O)c2ccc(Br)cc2-c2cc(Br)ccc21.O[B]Oc1ccc(N(c2ccccc2)c2ccccc2)cc1.[CH3-].[I-]. The number of halogens is 4. The number of fused-ring (bicyclic) bond motifs is 6. The van der Waals surface area contributed by atoms with E-state index in [0.717, 1.165) is 80.9 Å². The summed E-state index contributed by atoms with van der Waals surface area (Å²) in [5, 5.41) is 8.70. The molecule has 2 aliphatic heterocycles. The summed E-state index contributed by atoms with van der Waals surface area (Å²) in [6.45, 7) is 0. The lowest BCUT2D eigenvalue weighted by atomic mass is 9.99. The van der Waals surface area contributed by atoms with E-state index in [1.165, 1.54) is 0 Å². The van der Waals surface area contributed by atoms with Gasteiger partial charge in [0.2, 0.25) is 19.7 Å². The Morgan fingerprint density at radius 1 is 0.355 bits per heavy atom. The Labute approximate surface area is 487 Å². The van der Waals surface area contributed by atoms with Crippen LogP contribution in [0.2, 0.25) is 0 Å². The lowest BCUT2D eigenvalue weighted by Gasteiger charge is -2.25. The fourth-order valence-corrected chi connectivity index (χ4v) is 13.4. The highest BCUT2D eigenvalue weighted by atomic mass is 127. The van der Waals surface area contributed by atoms with Crippen LogP contribution in [0.15, 0.2) is 276 Å². The number of sulfone groups is 2. The number of para-hydroxylation sites is 4. The first-order valence-electron chi connectivity index (χ1n) is 23.1. The predicted octanol–water partition coefficient (Wildman–Crippen LogP) is 13.9. The van der Waals surface area contributed by atoms with Gasteiger partial charge in [-0.05, 0) is 163 Å². The number of rotatable bonds is 9. The van der Waals surface area contributed by atoms with Crippen molar-refractivity contribution >= 4 is 109 Å². The Kier molecular flexibility index (Phi) is 17.9. The molecule has 0 aromatic heterocycles. The largest absolute Gasteiger partial charge is 1.00 e. The van der Waals surface area contributed by atoms with Gasteiger partial charge < -0.3 is 50.9 Å². The highest BCUT2D eigenvalue weighted by Gasteiger charge is 2.34. The Morgan fingerprint density at radius 3 is 0.961 bits per heavy atom. The third-order valence-electron chi connectivity index (χ3n) is 12.3. The highest BCUT2D eigenvalue weighted by molar-refractivity contribution is 9.11. The molecule has 12 rings (SSSR count). The summed E-state index contributed by atoms with van der Waals surface area (Å²) >= 11 is 10.2. The van der Waals surface area contributed by atoms with Crippen molar-refractivity contribution in [2.45, 2.75) is 19.6 Å². The van der Waals surface area contributed by atoms with Crippen LogP contribution in [0.1, 0.15) is 0 Å². The van der Waals surface area contributed by atoms with Crippen LogP contribution in [0, 0.1) is 7.43 Å². The zero-order chi connectivity index (χ0) is 51.4. The van der Waals surface area contributed by atoms with Gasteiger partial charge in [-0.25, -0.2) is 16.8 Å². The second-order valence-corrected chi connectivity index (χ2v) is 23.4. The van der Waals surface area contributed by atoms with Gasteiger partial charge in [0.15, 0.2) is 0 Å². The second kappa shape index (κ2) is 24.4. The number of anilines is 6. The molecular formula is C61H44BBr3IN2O6S2-2. The molecule has 2 aliphatic rings. The molecule has 1 N–H and O–H groups in total. The fraction of sp³-hybridized carbons (Fsp3) is 0. The molecule has 379 valence electrons. The van der Waals surface area contributed by atoms with Gasteiger partial charge in [0.1, 0.15) is 5.75 Å². The number of nitrogens with zero attached hydrogens (tertiary/aromatic N) is 2. The van der Waals surface area contributed by atoms with Crippen LogP contribution in [0.4, 0.5) is 34.1 Å². The van der Waals surface area contributed by atoms with Crippen LogP contribution < -0.4 is 38.4 Å². The van der Waals surface area contributed by atoms with Crippen molar-refractivity contribution in [1.82, 2.24) is 0 Å². The topological polar surface area (TPSA) is 104 Å². The van der Waals surface area contributed by atoms with Gasteiger partial charge in [-0.1, -0.05) is 139 Å². The van der Waals surface area contributed by atoms with Crippen LogP contribution in [0.5, 0.6) is 5.75 Å². The third-order valence-corrected chi connectivity index (χ3v) is 17.6. The van der Waals surface area contributed by atoms with Gasteiger partial charge in [-0.3, -0.25) is 0 Å². The van der Waals surface area contributed by atoms with Crippen LogP contribution in [-0.4, -0.2) is 29.5 Å². The molecular weight excluding hydrogens is 1300 g/mol. The van der Waals surface area contributed by atoms with Crippen LogP contribution in [0.3, 0.4) is 0 Å². The molecule has 0 bridgehead atoms. The predicted molar refractivity (Wildman–Crippen MR) is 314 cm³/mol. The molecule has 0 unspecified atom stereocenters. The van der Waals surface area contributed by atoms with Crippen LogP contribution in [-0.2, 0) is 19.7 Å². The smallest absolute Gasteiger partial charge is 0.569 e. The quantitative estimate of drug-likeness (QED) is 0.0866. The van der Waals surface area contributed by atoms with Crippen molar-refractivity contribution < 1.29 is 50.5 Å². The van der Waals surface area contributed by atoms with E-state index in [-0.39, 0.29) is 31.4 Å². The lowest BCUT2D eigenvalue weighted by molar-refractivity contribution is -0.0000205. The van der Waals surface area contributed by atoms with Crippen molar-refractivity contribution in [2.24, 2.45) is 0 Å². The average Bonchev–Trinajstić information content (AvgIpc) is 3.79. The molecule has 1 radical (unpaired) electrons. The average molecular weight is 1340 g/mol. The van der Waals surface area contributed by atoms with Crippen molar-refractivity contribution in [3.05, 3.63) is 263 Å². The molecule has 0 atom stereocenters. The Morgan fingerprint density at radius 2 is 0.632 bits per heavy atom. The van der Waals surface area contributed by atoms with E-state index in [2.05, 4.69) is 130 Å². The van der Waals surface area contributed by atoms with E-state index in [1.807, 2.05) is 127 Å². The van der Waals surface area contributed by atoms with Gasteiger partial charge in [0.05, 0.1) is 19.6 Å². The van der Waals surface area contributed by atoms with Gasteiger partial charge in [0, 0.05) is 69.8 Å². The minimum absolute atomic E-state index is 0. The van der Waals surface area contributed by atoms with Gasteiger partial charge in [-0.2, -0.15) is 0 Å². The van der Waals surface area contributed by atoms with E-state index in [9.17, 15) is 16.8 Å². The van der Waals surface area contributed by atoms with Gasteiger partial charge >= 0.3 is 7.69 Å². The molecule has 0 aliphatic carbocycles. The maximum Gasteiger partial charge on any atom is 0.569 e. The number of hydrogen-bond donors (Lipinski definition) is 1. The van der Waals surface area contributed by atoms with Crippen LogP contribution >= 0.6 is 47.8 Å². The lowest BCUT2D eigenvalue weighted by Crippen LogP contribution is -3.00. The van der Waals surface area contributed by atoms with Gasteiger partial charge in [0.25, 0.3) is 0 Å². The highest BCUT2D eigenvalue weighted by Crippen LogP contribution is 2.47. The summed E-state index contributed by atoms with van der Waals surface area (Å²) in [5.74, 6) is 0.590. The first-order valence-corrected chi connectivity index (χ1v) is 28.4. The van der Waals surface area contributed by atoms with Crippen molar-refractivity contribution in [2.75, 3.05) is 9.80 Å². The van der Waals surface area contributed by atoms with E-state index in [4.69, 9.17) is 9.68 Å². The summed E-state index contributed by atoms with van der Waals surface area (Å²) < 4.78 is 58.1. The van der Waals surface area contributed by atoms with E-state index < -0.39 is 19.7 Å². The summed E-state index contributed by atoms with van der Waals surface area (Å²) in [6, 6.07) is 78.2. The summed E-state index contributed by atoms with van der Waals surface area (Å²) in [7, 11) is -6.15. The zero-order valence-electron chi connectivity index (χ0n) is 40.4. The molecule has 8 nitrogen and oxygen atoms in total. The molecule has 0 fully saturated rings. The third kappa shape index (κ3) is 11.7. The van der Waals surface area contributed by atoms with E-state index in [0.29, 0.717) is 33.0 Å². The van der Waals surface area contributed by atoms with Crippen molar-refractivity contribution in [3.63, 3.8) is 0 Å². The van der Waals surface area contributed by atoms with Crippen molar-refractivity contribution in [3.8, 4) is 39.1 Å². The first-order chi connectivity index (χ1) is 35.9. The molecule has 10 aromatic carbocycles.